The van der Waals surface area contributed by atoms with E-state index in [1.54, 1.807) is 24.3 Å². The van der Waals surface area contributed by atoms with Crippen LogP contribution in [0.1, 0.15) is 17.8 Å². The number of thioether (sulfide) groups is 1. The van der Waals surface area contributed by atoms with Crippen LogP contribution in [-0.4, -0.2) is 26.5 Å². The molecule has 2 aromatic rings. The fraction of sp³-hybridized carbons (Fsp3) is 0.308. The number of carbonyl (C=O) groups is 1. The van der Waals surface area contributed by atoms with E-state index in [0.29, 0.717) is 9.70 Å². The largest absolute Gasteiger partial charge is 0.453 e. The zero-order valence-corrected chi connectivity index (χ0v) is 13.8. The lowest BCUT2D eigenvalue weighted by atomic mass is 10.2. The van der Waals surface area contributed by atoms with Gasteiger partial charge in [0.2, 0.25) is 11.1 Å². The summed E-state index contributed by atoms with van der Waals surface area (Å²) in [7, 11) is 0. The monoisotopic (exact) mass is 379 g/mol. The summed E-state index contributed by atoms with van der Waals surface area (Å²) in [6.45, 7) is 0.272. The van der Waals surface area contributed by atoms with Gasteiger partial charge < -0.3 is 11.2 Å². The lowest BCUT2D eigenvalue weighted by Gasteiger charge is -2.07. The highest BCUT2D eigenvalue weighted by molar-refractivity contribution is 7.99. The number of benzene rings is 1. The molecular formula is C13H13ClF3N5OS. The van der Waals surface area contributed by atoms with Crippen molar-refractivity contribution in [3.63, 3.8) is 0 Å². The Kier molecular flexibility index (Phi) is 5.94. The molecule has 1 heterocycles. The first-order chi connectivity index (χ1) is 11.3. The number of nitrogens with one attached hydrogen (secondary N) is 1. The zero-order valence-electron chi connectivity index (χ0n) is 12.2. The average Bonchev–Trinajstić information content (AvgIpc) is 2.88. The van der Waals surface area contributed by atoms with Crippen molar-refractivity contribution in [3.8, 4) is 0 Å². The van der Waals surface area contributed by atoms with Gasteiger partial charge >= 0.3 is 6.18 Å². The fourth-order valence-corrected chi connectivity index (χ4v) is 2.72. The number of nitrogen functional groups attached to an aromatic ring is 1. The van der Waals surface area contributed by atoms with Crippen LogP contribution in [0.25, 0.3) is 0 Å². The van der Waals surface area contributed by atoms with Crippen LogP contribution >= 0.6 is 23.4 Å². The summed E-state index contributed by atoms with van der Waals surface area (Å²) < 4.78 is 37.9. The van der Waals surface area contributed by atoms with E-state index in [1.807, 2.05) is 0 Å². The Balaban J connectivity index is 1.79. The topological polar surface area (TPSA) is 85.8 Å². The molecule has 11 heteroatoms. The van der Waals surface area contributed by atoms with Gasteiger partial charge in [-0.2, -0.15) is 13.2 Å². The van der Waals surface area contributed by atoms with Crippen molar-refractivity contribution in [2.45, 2.75) is 24.3 Å². The molecule has 0 spiro atoms. The molecule has 6 nitrogen and oxygen atoms in total. The van der Waals surface area contributed by atoms with E-state index in [-0.39, 0.29) is 29.8 Å². The quantitative estimate of drug-likeness (QED) is 0.595. The maximum absolute atomic E-state index is 12.5. The Morgan fingerprint density at radius 1 is 1.33 bits per heavy atom. The van der Waals surface area contributed by atoms with Crippen molar-refractivity contribution < 1.29 is 18.0 Å². The molecule has 3 N–H and O–H groups in total. The van der Waals surface area contributed by atoms with Crippen LogP contribution in [0.4, 0.5) is 13.2 Å². The third-order valence-electron chi connectivity index (χ3n) is 2.91. The van der Waals surface area contributed by atoms with Gasteiger partial charge in [0, 0.05) is 23.7 Å². The summed E-state index contributed by atoms with van der Waals surface area (Å²) in [5, 5.41) is 9.48. The summed E-state index contributed by atoms with van der Waals surface area (Å²) >= 11 is 6.88. The number of nitrogens with two attached hydrogens (primary N) is 1. The van der Waals surface area contributed by atoms with Crippen LogP contribution in [0.15, 0.2) is 29.4 Å². The Hall–Kier alpha value is -1.94. The fourth-order valence-electron chi connectivity index (χ4n) is 1.73. The van der Waals surface area contributed by atoms with Gasteiger partial charge in [-0.3, -0.25) is 4.79 Å². The number of aromatic nitrogens is 3. The molecule has 0 saturated carbocycles. The third kappa shape index (κ3) is 4.78. The second-order valence-electron chi connectivity index (χ2n) is 4.64. The number of hydrogen-bond donors (Lipinski definition) is 2. The molecule has 0 aliphatic heterocycles. The van der Waals surface area contributed by atoms with Gasteiger partial charge in [0.15, 0.2) is 0 Å². The van der Waals surface area contributed by atoms with E-state index in [1.165, 1.54) is 0 Å². The van der Waals surface area contributed by atoms with Crippen molar-refractivity contribution >= 4 is 29.3 Å². The molecular weight excluding hydrogens is 367 g/mol. The highest BCUT2D eigenvalue weighted by Gasteiger charge is 2.38. The molecule has 0 atom stereocenters. The zero-order chi connectivity index (χ0) is 17.7. The standard InChI is InChI=1S/C13H13ClF3N5OS/c14-9-4-2-1-3-8(9)7-19-10(23)5-6-24-12-21-20-11(22(12)18)13(15,16)17/h1-4H,5-7,18H2,(H,19,23). The summed E-state index contributed by atoms with van der Waals surface area (Å²) in [5.41, 5.74) is 0.775. The number of rotatable bonds is 6. The SMILES string of the molecule is Nn1c(SCCC(=O)NCc2ccccc2Cl)nnc1C(F)(F)F. The van der Waals surface area contributed by atoms with Crippen LogP contribution < -0.4 is 11.2 Å². The Morgan fingerprint density at radius 3 is 2.67 bits per heavy atom. The molecule has 24 heavy (non-hydrogen) atoms. The minimum Gasteiger partial charge on any atom is -0.352 e. The molecule has 1 amide bonds. The Labute approximate surface area is 144 Å². The van der Waals surface area contributed by atoms with E-state index in [2.05, 4.69) is 15.5 Å². The van der Waals surface area contributed by atoms with Gasteiger partial charge in [-0.25, -0.2) is 4.68 Å². The molecule has 0 aliphatic carbocycles. The number of halogens is 4. The van der Waals surface area contributed by atoms with Gasteiger partial charge in [-0.05, 0) is 11.6 Å². The lowest BCUT2D eigenvalue weighted by Crippen LogP contribution is -2.23. The van der Waals surface area contributed by atoms with Crippen LogP contribution in [0.2, 0.25) is 5.02 Å². The minimum absolute atomic E-state index is 0.0866. The highest BCUT2D eigenvalue weighted by atomic mass is 35.5. The summed E-state index contributed by atoms with van der Waals surface area (Å²) in [5.74, 6) is 3.96. The van der Waals surface area contributed by atoms with Gasteiger partial charge in [-0.15, -0.1) is 10.2 Å². The van der Waals surface area contributed by atoms with Gasteiger partial charge in [0.25, 0.3) is 5.82 Å². The van der Waals surface area contributed by atoms with Crippen molar-refractivity contribution in [1.82, 2.24) is 20.2 Å². The second-order valence-corrected chi connectivity index (χ2v) is 6.11. The van der Waals surface area contributed by atoms with E-state index in [4.69, 9.17) is 17.4 Å². The van der Waals surface area contributed by atoms with E-state index in [9.17, 15) is 18.0 Å². The van der Waals surface area contributed by atoms with Crippen LogP contribution in [0, 0.1) is 0 Å². The molecule has 0 unspecified atom stereocenters. The second kappa shape index (κ2) is 7.75. The highest BCUT2D eigenvalue weighted by Crippen LogP contribution is 2.28. The molecule has 0 bridgehead atoms. The van der Waals surface area contributed by atoms with Crippen molar-refractivity contribution in [2.75, 3.05) is 11.6 Å². The number of amides is 1. The van der Waals surface area contributed by atoms with Crippen LogP contribution in [0.5, 0.6) is 0 Å². The normalized spacial score (nSPS) is 11.5. The first kappa shape index (κ1) is 18.4. The third-order valence-corrected chi connectivity index (χ3v) is 4.23. The number of nitrogens with zero attached hydrogens (tertiary/aromatic N) is 3. The lowest BCUT2D eigenvalue weighted by molar-refractivity contribution is -0.146. The molecule has 0 aliphatic rings. The van der Waals surface area contributed by atoms with Crippen LogP contribution in [0.3, 0.4) is 0 Å². The Morgan fingerprint density at radius 2 is 2.04 bits per heavy atom. The van der Waals surface area contributed by atoms with Gasteiger partial charge in [-0.1, -0.05) is 41.6 Å². The van der Waals surface area contributed by atoms with Gasteiger partial charge in [0.05, 0.1) is 0 Å². The molecule has 0 fully saturated rings. The molecule has 1 aromatic heterocycles. The predicted octanol–water partition coefficient (Wildman–Crippen LogP) is 2.46. The molecule has 0 radical (unpaired) electrons. The van der Waals surface area contributed by atoms with Crippen molar-refractivity contribution in [3.05, 3.63) is 40.7 Å². The molecule has 0 saturated heterocycles. The molecule has 130 valence electrons. The first-order valence-electron chi connectivity index (χ1n) is 6.69. The van der Waals surface area contributed by atoms with E-state index >= 15 is 0 Å². The first-order valence-corrected chi connectivity index (χ1v) is 8.06. The number of alkyl halides is 3. The summed E-state index contributed by atoms with van der Waals surface area (Å²) in [6, 6.07) is 7.08. The maximum atomic E-state index is 12.5. The van der Waals surface area contributed by atoms with E-state index < -0.39 is 12.0 Å². The number of carbonyl (C=O) groups excluding carboxylic acids is 1. The maximum Gasteiger partial charge on any atom is 0.453 e. The van der Waals surface area contributed by atoms with Crippen LogP contribution in [-0.2, 0) is 17.5 Å². The number of hydrogen-bond acceptors (Lipinski definition) is 5. The van der Waals surface area contributed by atoms with Crippen molar-refractivity contribution in [2.24, 2.45) is 0 Å². The predicted molar refractivity (Wildman–Crippen MR) is 83.8 cm³/mol. The minimum atomic E-state index is -4.67. The van der Waals surface area contributed by atoms with Gasteiger partial charge in [0.1, 0.15) is 0 Å². The molecule has 2 rings (SSSR count). The average molecular weight is 380 g/mol. The Bertz CT molecular complexity index is 722. The smallest absolute Gasteiger partial charge is 0.352 e. The molecule has 1 aromatic carbocycles. The van der Waals surface area contributed by atoms with E-state index in [0.717, 1.165) is 17.3 Å². The van der Waals surface area contributed by atoms with Crippen molar-refractivity contribution in [1.29, 1.82) is 0 Å². The summed E-state index contributed by atoms with van der Waals surface area (Å²) in [6.07, 6.45) is -4.59. The summed E-state index contributed by atoms with van der Waals surface area (Å²) in [4.78, 5) is 11.7.